The van der Waals surface area contributed by atoms with Gasteiger partial charge in [0.25, 0.3) is 5.56 Å². The number of benzene rings is 1. The highest BCUT2D eigenvalue weighted by Crippen LogP contribution is 2.15. The molecule has 0 aliphatic rings. The summed E-state index contributed by atoms with van der Waals surface area (Å²) in [5.74, 6) is -0.309. The summed E-state index contributed by atoms with van der Waals surface area (Å²) in [4.78, 5) is 11.2. The lowest BCUT2D eigenvalue weighted by molar-refractivity contribution is 0.600. The van der Waals surface area contributed by atoms with E-state index in [4.69, 9.17) is 5.73 Å². The van der Waals surface area contributed by atoms with Crippen molar-refractivity contribution in [2.45, 2.75) is 6.67 Å². The summed E-state index contributed by atoms with van der Waals surface area (Å²) in [7, 11) is 0. The molecule has 4 nitrogen and oxygen atoms in total. The molecule has 0 saturated heterocycles. The van der Waals surface area contributed by atoms with E-state index in [0.29, 0.717) is 5.69 Å². The normalized spacial score (nSPS) is 10.4. The largest absolute Gasteiger partial charge is 0.312 e. The van der Waals surface area contributed by atoms with E-state index >= 15 is 0 Å². The third-order valence-electron chi connectivity index (χ3n) is 2.18. The summed E-state index contributed by atoms with van der Waals surface area (Å²) < 4.78 is 13.9. The molecular weight excluding hydrogens is 209 g/mol. The van der Waals surface area contributed by atoms with Gasteiger partial charge in [-0.2, -0.15) is 5.10 Å². The molecule has 0 aliphatic heterocycles. The third kappa shape index (κ3) is 1.99. The maximum absolute atomic E-state index is 12.7. The molecule has 82 valence electrons. The zero-order chi connectivity index (χ0) is 11.5. The van der Waals surface area contributed by atoms with Crippen LogP contribution in [0.25, 0.3) is 11.3 Å². The van der Waals surface area contributed by atoms with Crippen LogP contribution >= 0.6 is 0 Å². The molecule has 2 aromatic rings. The minimum atomic E-state index is -0.309. The highest BCUT2D eigenvalue weighted by Gasteiger charge is 2.02. The predicted molar refractivity (Wildman–Crippen MR) is 58.1 cm³/mol. The molecule has 1 aromatic heterocycles. The van der Waals surface area contributed by atoms with Crippen LogP contribution in [-0.2, 0) is 6.67 Å². The summed E-state index contributed by atoms with van der Waals surface area (Å²) >= 11 is 0. The lowest BCUT2D eigenvalue weighted by Crippen LogP contribution is -2.25. The fourth-order valence-electron chi connectivity index (χ4n) is 1.35. The van der Waals surface area contributed by atoms with E-state index < -0.39 is 0 Å². The summed E-state index contributed by atoms with van der Waals surface area (Å²) in [6.45, 7) is 0.0217. The smallest absolute Gasteiger partial charge is 0.267 e. The van der Waals surface area contributed by atoms with Gasteiger partial charge >= 0.3 is 0 Å². The van der Waals surface area contributed by atoms with Gasteiger partial charge in [0.1, 0.15) is 5.82 Å². The van der Waals surface area contributed by atoms with Gasteiger partial charge in [0.05, 0.1) is 12.4 Å². The fraction of sp³-hybridized carbons (Fsp3) is 0.0909. The number of halogens is 1. The lowest BCUT2D eigenvalue weighted by Gasteiger charge is -2.04. The monoisotopic (exact) mass is 219 g/mol. The molecule has 0 radical (unpaired) electrons. The van der Waals surface area contributed by atoms with E-state index in [0.717, 1.165) is 10.2 Å². The number of hydrogen-bond donors (Lipinski definition) is 1. The maximum atomic E-state index is 12.7. The van der Waals surface area contributed by atoms with E-state index in [-0.39, 0.29) is 18.0 Å². The Kier molecular flexibility index (Phi) is 2.78. The highest BCUT2D eigenvalue weighted by atomic mass is 19.1. The second-order valence-corrected chi connectivity index (χ2v) is 3.25. The molecule has 2 N–H and O–H groups in total. The van der Waals surface area contributed by atoms with Gasteiger partial charge in [-0.25, -0.2) is 9.07 Å². The van der Waals surface area contributed by atoms with E-state index in [1.54, 1.807) is 18.2 Å². The molecule has 0 saturated carbocycles. The topological polar surface area (TPSA) is 60.9 Å². The molecule has 5 heteroatoms. The number of nitrogens with zero attached hydrogens (tertiary/aromatic N) is 2. The van der Waals surface area contributed by atoms with Gasteiger partial charge in [0.15, 0.2) is 0 Å². The second kappa shape index (κ2) is 4.24. The quantitative estimate of drug-likeness (QED) is 0.818. The molecule has 16 heavy (non-hydrogen) atoms. The van der Waals surface area contributed by atoms with Gasteiger partial charge in [-0.3, -0.25) is 4.79 Å². The molecule has 0 amide bonds. The Morgan fingerprint density at radius 3 is 2.50 bits per heavy atom. The highest BCUT2D eigenvalue weighted by molar-refractivity contribution is 5.57. The molecule has 0 unspecified atom stereocenters. The maximum Gasteiger partial charge on any atom is 0.267 e. The van der Waals surface area contributed by atoms with Crippen LogP contribution < -0.4 is 11.3 Å². The van der Waals surface area contributed by atoms with Crippen molar-refractivity contribution in [3.05, 3.63) is 52.6 Å². The Morgan fingerprint density at radius 1 is 1.19 bits per heavy atom. The van der Waals surface area contributed by atoms with Crippen LogP contribution in [0.2, 0.25) is 0 Å². The van der Waals surface area contributed by atoms with Crippen molar-refractivity contribution >= 4 is 0 Å². The van der Waals surface area contributed by atoms with Crippen molar-refractivity contribution in [1.82, 2.24) is 9.78 Å². The Labute approximate surface area is 91.1 Å². The number of aromatic nitrogens is 2. The van der Waals surface area contributed by atoms with E-state index in [1.165, 1.54) is 18.2 Å². The van der Waals surface area contributed by atoms with Crippen molar-refractivity contribution in [2.75, 3.05) is 0 Å². The zero-order valence-corrected chi connectivity index (χ0v) is 8.43. The van der Waals surface area contributed by atoms with Crippen LogP contribution in [0.5, 0.6) is 0 Å². The molecule has 0 spiro atoms. The number of rotatable bonds is 2. The summed E-state index contributed by atoms with van der Waals surface area (Å²) in [6, 6.07) is 8.86. The van der Waals surface area contributed by atoms with Crippen molar-refractivity contribution < 1.29 is 4.39 Å². The average Bonchev–Trinajstić information content (AvgIpc) is 2.31. The SMILES string of the molecule is NCn1nc(-c2ccc(F)cc2)ccc1=O. The van der Waals surface area contributed by atoms with Crippen molar-refractivity contribution in [3.8, 4) is 11.3 Å². The fourth-order valence-corrected chi connectivity index (χ4v) is 1.35. The molecular formula is C11H10FN3O. The summed E-state index contributed by atoms with van der Waals surface area (Å²) in [5.41, 5.74) is 6.43. The molecule has 0 aliphatic carbocycles. The Bertz CT molecular complexity index is 548. The Balaban J connectivity index is 2.48. The van der Waals surface area contributed by atoms with Gasteiger partial charge in [0, 0.05) is 11.6 Å². The van der Waals surface area contributed by atoms with Crippen LogP contribution in [0.15, 0.2) is 41.2 Å². The van der Waals surface area contributed by atoms with E-state index in [2.05, 4.69) is 5.10 Å². The third-order valence-corrected chi connectivity index (χ3v) is 2.18. The molecule has 0 fully saturated rings. The Morgan fingerprint density at radius 2 is 1.88 bits per heavy atom. The van der Waals surface area contributed by atoms with Gasteiger partial charge in [-0.05, 0) is 30.3 Å². The van der Waals surface area contributed by atoms with Crippen LogP contribution in [0.4, 0.5) is 4.39 Å². The van der Waals surface area contributed by atoms with E-state index in [1.807, 2.05) is 0 Å². The van der Waals surface area contributed by atoms with Crippen LogP contribution in [-0.4, -0.2) is 9.78 Å². The molecule has 1 aromatic carbocycles. The van der Waals surface area contributed by atoms with Gasteiger partial charge in [0.2, 0.25) is 0 Å². The minimum Gasteiger partial charge on any atom is -0.312 e. The summed E-state index contributed by atoms with van der Waals surface area (Å²) in [6.07, 6.45) is 0. The average molecular weight is 219 g/mol. The first-order valence-electron chi connectivity index (χ1n) is 4.75. The first-order valence-corrected chi connectivity index (χ1v) is 4.75. The standard InChI is InChI=1S/C11H10FN3O/c12-9-3-1-8(2-4-9)10-5-6-11(16)15(7-13)14-10/h1-6H,7,13H2. The van der Waals surface area contributed by atoms with Crippen molar-refractivity contribution in [3.63, 3.8) is 0 Å². The second-order valence-electron chi connectivity index (χ2n) is 3.25. The predicted octanol–water partition coefficient (Wildman–Crippen LogP) is 0.966. The van der Waals surface area contributed by atoms with Gasteiger partial charge in [-0.15, -0.1) is 0 Å². The van der Waals surface area contributed by atoms with Crippen molar-refractivity contribution in [2.24, 2.45) is 5.73 Å². The number of nitrogens with two attached hydrogens (primary N) is 1. The molecule has 0 bridgehead atoms. The van der Waals surface area contributed by atoms with Crippen LogP contribution in [0, 0.1) is 5.82 Å². The number of hydrogen-bond acceptors (Lipinski definition) is 3. The first kappa shape index (κ1) is 10.5. The van der Waals surface area contributed by atoms with E-state index in [9.17, 15) is 9.18 Å². The first-order chi connectivity index (χ1) is 7.70. The Hall–Kier alpha value is -2.01. The van der Waals surface area contributed by atoms with Gasteiger partial charge in [-0.1, -0.05) is 0 Å². The lowest BCUT2D eigenvalue weighted by atomic mass is 10.1. The molecule has 1 heterocycles. The summed E-state index contributed by atoms with van der Waals surface area (Å²) in [5, 5.41) is 4.05. The zero-order valence-electron chi connectivity index (χ0n) is 8.43. The van der Waals surface area contributed by atoms with Crippen LogP contribution in [0.3, 0.4) is 0 Å². The van der Waals surface area contributed by atoms with Crippen molar-refractivity contribution in [1.29, 1.82) is 0 Å². The van der Waals surface area contributed by atoms with Gasteiger partial charge < -0.3 is 5.73 Å². The molecule has 2 rings (SSSR count). The minimum absolute atomic E-state index is 0.0217. The van der Waals surface area contributed by atoms with Crippen LogP contribution in [0.1, 0.15) is 0 Å². The molecule has 0 atom stereocenters.